The minimum atomic E-state index is -4.87. The van der Waals surface area contributed by atoms with E-state index in [4.69, 9.17) is 4.74 Å². The van der Waals surface area contributed by atoms with Crippen molar-refractivity contribution in [3.8, 4) is 11.5 Å². The Morgan fingerprint density at radius 3 is 2.38 bits per heavy atom. The molecule has 0 saturated heterocycles. The second-order valence-corrected chi connectivity index (χ2v) is 8.41. The second-order valence-electron chi connectivity index (χ2n) is 8.41. The summed E-state index contributed by atoms with van der Waals surface area (Å²) in [4.78, 5) is 33.9. The molecule has 0 aliphatic rings. The summed E-state index contributed by atoms with van der Waals surface area (Å²) in [6, 6.07) is 14.1. The van der Waals surface area contributed by atoms with E-state index in [2.05, 4.69) is 16.4 Å². The first-order valence-electron chi connectivity index (χ1n) is 12.2. The molecule has 212 valence electrons. The number of nitrogens with zero attached hydrogens (tertiary/aromatic N) is 4. The normalized spacial score (nSPS) is 11.7. The zero-order chi connectivity index (χ0) is 28.8. The van der Waals surface area contributed by atoms with Gasteiger partial charge in [0.2, 0.25) is 6.41 Å². The minimum Gasteiger partial charge on any atom is -0.473 e. The Hall–Kier alpha value is -4.06. The van der Waals surface area contributed by atoms with Gasteiger partial charge < -0.3 is 24.4 Å². The van der Waals surface area contributed by atoms with Crippen LogP contribution in [0.1, 0.15) is 25.3 Å². The van der Waals surface area contributed by atoms with Crippen LogP contribution in [0.4, 0.5) is 13.2 Å². The Balaban J connectivity index is 2.56. The number of hydrogen-bond donors (Lipinski definition) is 1. The number of amides is 2. The number of hydrogen-bond acceptors (Lipinski definition) is 7. The van der Waals surface area contributed by atoms with Gasteiger partial charge in [0.15, 0.2) is 12.6 Å². The van der Waals surface area contributed by atoms with Gasteiger partial charge >= 0.3 is 6.36 Å². The van der Waals surface area contributed by atoms with Gasteiger partial charge in [-0.25, -0.2) is 4.99 Å². The Bertz CT molecular complexity index is 1110. The van der Waals surface area contributed by atoms with Crippen LogP contribution in [0, 0.1) is 0 Å². The Morgan fingerprint density at radius 2 is 1.79 bits per heavy atom. The van der Waals surface area contributed by atoms with Crippen LogP contribution in [-0.4, -0.2) is 78.7 Å². The van der Waals surface area contributed by atoms with Gasteiger partial charge in [-0.15, -0.1) is 13.2 Å². The molecule has 0 spiro atoms. The quantitative estimate of drug-likeness (QED) is 0.147. The SMILES string of the molecule is C=N/C(=C(/C(=O)N(C)CCCO)N(COc1cccc(OC(F)(F)F)c1)Cc1ccccc1)N(C=O)CCC. The third-order valence-corrected chi connectivity index (χ3v) is 5.38. The molecule has 0 saturated carbocycles. The summed E-state index contributed by atoms with van der Waals surface area (Å²) in [5.74, 6) is -0.915. The van der Waals surface area contributed by atoms with Crippen LogP contribution in [0.2, 0.25) is 0 Å². The molecule has 0 heterocycles. The van der Waals surface area contributed by atoms with E-state index >= 15 is 0 Å². The molecule has 2 aromatic rings. The highest BCUT2D eigenvalue weighted by Crippen LogP contribution is 2.27. The second kappa shape index (κ2) is 15.4. The molecule has 0 aliphatic heterocycles. The van der Waals surface area contributed by atoms with Gasteiger partial charge in [-0.2, -0.15) is 0 Å². The van der Waals surface area contributed by atoms with Gasteiger partial charge in [0.1, 0.15) is 17.2 Å². The molecule has 0 unspecified atom stereocenters. The van der Waals surface area contributed by atoms with Gasteiger partial charge in [0.25, 0.3) is 5.91 Å². The number of halogens is 3. The summed E-state index contributed by atoms with van der Waals surface area (Å²) in [5.41, 5.74) is 0.785. The summed E-state index contributed by atoms with van der Waals surface area (Å²) >= 11 is 0. The van der Waals surface area contributed by atoms with Gasteiger partial charge in [-0.1, -0.05) is 43.3 Å². The zero-order valence-corrected chi connectivity index (χ0v) is 21.9. The van der Waals surface area contributed by atoms with E-state index in [9.17, 15) is 27.9 Å². The summed E-state index contributed by atoms with van der Waals surface area (Å²) in [6.07, 6.45) is -3.43. The first-order valence-corrected chi connectivity index (χ1v) is 12.2. The summed E-state index contributed by atoms with van der Waals surface area (Å²) in [6.45, 7) is 5.61. The van der Waals surface area contributed by atoms with Crippen molar-refractivity contribution in [2.75, 3.05) is 33.5 Å². The first kappa shape index (κ1) is 31.2. The van der Waals surface area contributed by atoms with Crippen molar-refractivity contribution in [2.45, 2.75) is 32.7 Å². The highest BCUT2D eigenvalue weighted by atomic mass is 19.4. The topological polar surface area (TPSA) is 94.9 Å². The smallest absolute Gasteiger partial charge is 0.473 e. The largest absolute Gasteiger partial charge is 0.573 e. The molecular formula is C27H33F3N4O5. The monoisotopic (exact) mass is 550 g/mol. The summed E-state index contributed by atoms with van der Waals surface area (Å²) in [7, 11) is 1.54. The van der Waals surface area contributed by atoms with Crippen molar-refractivity contribution in [2.24, 2.45) is 4.99 Å². The number of alkyl halides is 3. The Kier molecular flexibility index (Phi) is 12.3. The highest BCUT2D eigenvalue weighted by molar-refractivity contribution is 5.93. The van der Waals surface area contributed by atoms with Crippen molar-refractivity contribution in [1.82, 2.24) is 14.7 Å². The number of benzene rings is 2. The lowest BCUT2D eigenvalue weighted by molar-refractivity contribution is -0.274. The van der Waals surface area contributed by atoms with Crippen LogP contribution in [0.5, 0.6) is 11.5 Å². The average molecular weight is 551 g/mol. The van der Waals surface area contributed by atoms with Crippen molar-refractivity contribution in [3.05, 3.63) is 71.7 Å². The maximum Gasteiger partial charge on any atom is 0.573 e. The summed E-state index contributed by atoms with van der Waals surface area (Å²) in [5, 5.41) is 9.25. The zero-order valence-electron chi connectivity index (χ0n) is 21.9. The predicted octanol–water partition coefficient (Wildman–Crippen LogP) is 4.00. The van der Waals surface area contributed by atoms with E-state index < -0.39 is 18.0 Å². The van der Waals surface area contributed by atoms with Crippen LogP contribution >= 0.6 is 0 Å². The molecule has 2 aromatic carbocycles. The van der Waals surface area contributed by atoms with Crippen molar-refractivity contribution < 1.29 is 37.3 Å². The molecule has 2 amide bonds. The fraction of sp³-hybridized carbons (Fsp3) is 0.370. The standard InChI is InChI=1S/C27H33F3N4O5/c1-4-14-33(19-36)25(31-2)24(26(37)32(3)15-9-16-35)34(18-21-10-6-5-7-11-21)20-38-22-12-8-13-23(17-22)39-27(28,29)30/h5-8,10-13,17,19,35H,2,4,9,14-16,18,20H2,1,3H3/b25-24+. The number of ether oxygens (including phenoxy) is 2. The number of rotatable bonds is 16. The van der Waals surface area contributed by atoms with Crippen LogP contribution in [0.3, 0.4) is 0 Å². The number of aliphatic hydroxyl groups excluding tert-OH is 1. The predicted molar refractivity (Wildman–Crippen MR) is 140 cm³/mol. The number of aliphatic imine (C=N–C) groups is 1. The molecule has 1 N–H and O–H groups in total. The third kappa shape index (κ3) is 9.97. The van der Waals surface area contributed by atoms with E-state index in [0.29, 0.717) is 19.3 Å². The Morgan fingerprint density at radius 1 is 1.10 bits per heavy atom. The van der Waals surface area contributed by atoms with Gasteiger partial charge in [0, 0.05) is 39.4 Å². The van der Waals surface area contributed by atoms with Crippen molar-refractivity contribution >= 4 is 19.0 Å². The molecule has 0 aliphatic carbocycles. The van der Waals surface area contributed by atoms with E-state index in [1.165, 1.54) is 26.8 Å². The maximum atomic E-state index is 13.7. The van der Waals surface area contributed by atoms with Crippen LogP contribution in [0.15, 0.2) is 71.1 Å². The fourth-order valence-electron chi connectivity index (χ4n) is 3.62. The molecule has 9 nitrogen and oxygen atoms in total. The Labute approximate surface area is 225 Å². The van der Waals surface area contributed by atoms with Crippen molar-refractivity contribution in [3.63, 3.8) is 0 Å². The third-order valence-electron chi connectivity index (χ3n) is 5.38. The van der Waals surface area contributed by atoms with Crippen LogP contribution in [0.25, 0.3) is 0 Å². The molecule has 0 bridgehead atoms. The van der Waals surface area contributed by atoms with E-state index in [1.54, 1.807) is 7.05 Å². The molecule has 12 heteroatoms. The molecular weight excluding hydrogens is 517 g/mol. The number of carbonyl (C=O) groups is 2. The number of aliphatic hydroxyl groups is 1. The van der Waals surface area contributed by atoms with E-state index in [-0.39, 0.29) is 50.2 Å². The fourth-order valence-corrected chi connectivity index (χ4v) is 3.62. The molecule has 0 radical (unpaired) electrons. The van der Waals surface area contributed by atoms with Gasteiger partial charge in [0.05, 0.1) is 0 Å². The first-order chi connectivity index (χ1) is 18.6. The van der Waals surface area contributed by atoms with Crippen LogP contribution < -0.4 is 9.47 Å². The van der Waals surface area contributed by atoms with Crippen molar-refractivity contribution in [1.29, 1.82) is 0 Å². The average Bonchev–Trinajstić information content (AvgIpc) is 2.91. The maximum absolute atomic E-state index is 13.7. The number of likely N-dealkylation sites (N-methyl/N-ethyl adjacent to an activating group) is 1. The molecule has 39 heavy (non-hydrogen) atoms. The van der Waals surface area contributed by atoms with E-state index in [1.807, 2.05) is 37.3 Å². The lowest BCUT2D eigenvalue weighted by atomic mass is 10.2. The lowest BCUT2D eigenvalue weighted by Crippen LogP contribution is -2.41. The van der Waals surface area contributed by atoms with Crippen LogP contribution in [-0.2, 0) is 16.1 Å². The minimum absolute atomic E-state index is 0.00128. The molecule has 0 atom stereocenters. The number of carbonyl (C=O) groups excluding carboxylic acids is 2. The molecule has 2 rings (SSSR count). The highest BCUT2D eigenvalue weighted by Gasteiger charge is 2.31. The lowest BCUT2D eigenvalue weighted by Gasteiger charge is -2.32. The van der Waals surface area contributed by atoms with E-state index in [0.717, 1.165) is 17.7 Å². The van der Waals surface area contributed by atoms with Gasteiger partial charge in [-0.3, -0.25) is 14.5 Å². The molecule has 0 aromatic heterocycles. The van der Waals surface area contributed by atoms with Gasteiger partial charge in [-0.05, 0) is 37.3 Å². The molecule has 0 fully saturated rings. The summed E-state index contributed by atoms with van der Waals surface area (Å²) < 4.78 is 47.9.